The highest BCUT2D eigenvalue weighted by Crippen LogP contribution is 2.25. The SMILES string of the molecule is O=C(Nc1ccccc1F)c1cncc(Nc2cc(Cl)cc(Cl)c2)c1. The lowest BCUT2D eigenvalue weighted by atomic mass is 10.2. The minimum Gasteiger partial charge on any atom is -0.354 e. The normalized spacial score (nSPS) is 10.4. The van der Waals surface area contributed by atoms with Gasteiger partial charge in [0, 0.05) is 21.9 Å². The average molecular weight is 376 g/mol. The standard InChI is InChI=1S/C18H12Cl2FN3O/c19-12-6-13(20)8-14(7-12)23-15-5-11(9-22-10-15)18(25)24-17-4-2-1-3-16(17)21/h1-10,23H,(H,24,25). The molecule has 3 rings (SSSR count). The number of halogens is 3. The molecule has 0 aliphatic rings. The summed E-state index contributed by atoms with van der Waals surface area (Å²) in [5.41, 5.74) is 1.61. The third kappa shape index (κ3) is 4.47. The van der Waals surface area contributed by atoms with Gasteiger partial charge in [-0.05, 0) is 36.4 Å². The van der Waals surface area contributed by atoms with E-state index in [0.717, 1.165) is 0 Å². The number of para-hydroxylation sites is 1. The molecule has 7 heteroatoms. The van der Waals surface area contributed by atoms with E-state index in [9.17, 15) is 9.18 Å². The molecular weight excluding hydrogens is 364 g/mol. The Morgan fingerprint density at radius 2 is 1.68 bits per heavy atom. The van der Waals surface area contributed by atoms with Crippen LogP contribution in [0.25, 0.3) is 0 Å². The van der Waals surface area contributed by atoms with E-state index in [1.54, 1.807) is 42.6 Å². The van der Waals surface area contributed by atoms with Crippen molar-refractivity contribution in [1.29, 1.82) is 0 Å². The zero-order chi connectivity index (χ0) is 17.8. The van der Waals surface area contributed by atoms with Crippen LogP contribution in [0, 0.1) is 5.82 Å². The van der Waals surface area contributed by atoms with Crippen LogP contribution in [-0.4, -0.2) is 10.9 Å². The van der Waals surface area contributed by atoms with E-state index in [2.05, 4.69) is 15.6 Å². The minimum absolute atomic E-state index is 0.104. The van der Waals surface area contributed by atoms with Crippen molar-refractivity contribution in [3.63, 3.8) is 0 Å². The molecule has 0 unspecified atom stereocenters. The molecule has 0 atom stereocenters. The highest BCUT2D eigenvalue weighted by Gasteiger charge is 2.10. The molecule has 0 aliphatic carbocycles. The molecule has 25 heavy (non-hydrogen) atoms. The topological polar surface area (TPSA) is 54.0 Å². The second kappa shape index (κ2) is 7.51. The number of hydrogen-bond acceptors (Lipinski definition) is 3. The third-order valence-electron chi connectivity index (χ3n) is 3.27. The first kappa shape index (κ1) is 17.2. The van der Waals surface area contributed by atoms with Crippen molar-refractivity contribution in [1.82, 2.24) is 4.98 Å². The van der Waals surface area contributed by atoms with Crippen LogP contribution in [0.4, 0.5) is 21.5 Å². The molecule has 0 bridgehead atoms. The maximum absolute atomic E-state index is 13.6. The predicted molar refractivity (Wildman–Crippen MR) is 98.3 cm³/mol. The zero-order valence-corrected chi connectivity index (χ0v) is 14.3. The van der Waals surface area contributed by atoms with Gasteiger partial charge in [-0.25, -0.2) is 4.39 Å². The number of hydrogen-bond donors (Lipinski definition) is 2. The van der Waals surface area contributed by atoms with Crippen molar-refractivity contribution in [3.8, 4) is 0 Å². The molecular formula is C18H12Cl2FN3O. The van der Waals surface area contributed by atoms with Crippen LogP contribution in [0.2, 0.25) is 10.0 Å². The van der Waals surface area contributed by atoms with Gasteiger partial charge in [0.15, 0.2) is 0 Å². The largest absolute Gasteiger partial charge is 0.354 e. The molecule has 2 aromatic carbocycles. The lowest BCUT2D eigenvalue weighted by molar-refractivity contribution is 0.102. The van der Waals surface area contributed by atoms with Crippen molar-refractivity contribution in [2.75, 3.05) is 10.6 Å². The summed E-state index contributed by atoms with van der Waals surface area (Å²) in [4.78, 5) is 16.3. The number of carbonyl (C=O) groups excluding carboxylic acids is 1. The fourth-order valence-electron chi connectivity index (χ4n) is 2.18. The van der Waals surface area contributed by atoms with Crippen molar-refractivity contribution >= 4 is 46.2 Å². The Morgan fingerprint density at radius 1 is 0.960 bits per heavy atom. The molecule has 0 saturated carbocycles. The Labute approximate surface area is 153 Å². The lowest BCUT2D eigenvalue weighted by Gasteiger charge is -2.10. The van der Waals surface area contributed by atoms with Crippen LogP contribution < -0.4 is 10.6 Å². The van der Waals surface area contributed by atoms with E-state index >= 15 is 0 Å². The summed E-state index contributed by atoms with van der Waals surface area (Å²) in [6.45, 7) is 0. The lowest BCUT2D eigenvalue weighted by Crippen LogP contribution is -2.13. The summed E-state index contributed by atoms with van der Waals surface area (Å²) in [7, 11) is 0. The smallest absolute Gasteiger partial charge is 0.257 e. The van der Waals surface area contributed by atoms with Gasteiger partial charge in [-0.1, -0.05) is 35.3 Å². The van der Waals surface area contributed by atoms with Crippen molar-refractivity contribution in [2.24, 2.45) is 0 Å². The molecule has 0 saturated heterocycles. The van der Waals surface area contributed by atoms with Gasteiger partial charge in [0.2, 0.25) is 0 Å². The number of amides is 1. The second-order valence-corrected chi connectivity index (χ2v) is 6.05. The maximum Gasteiger partial charge on any atom is 0.257 e. The Morgan fingerprint density at radius 3 is 2.40 bits per heavy atom. The van der Waals surface area contributed by atoms with Crippen LogP contribution in [0.5, 0.6) is 0 Å². The second-order valence-electron chi connectivity index (χ2n) is 5.18. The van der Waals surface area contributed by atoms with E-state index < -0.39 is 11.7 Å². The van der Waals surface area contributed by atoms with Gasteiger partial charge in [-0.3, -0.25) is 9.78 Å². The van der Waals surface area contributed by atoms with E-state index in [4.69, 9.17) is 23.2 Å². The number of anilines is 3. The van der Waals surface area contributed by atoms with Gasteiger partial charge >= 0.3 is 0 Å². The molecule has 126 valence electrons. The van der Waals surface area contributed by atoms with Crippen LogP contribution in [0.15, 0.2) is 60.9 Å². The van der Waals surface area contributed by atoms with E-state index in [-0.39, 0.29) is 11.3 Å². The fourth-order valence-corrected chi connectivity index (χ4v) is 2.71. The zero-order valence-electron chi connectivity index (χ0n) is 12.8. The minimum atomic E-state index is -0.508. The highest BCUT2D eigenvalue weighted by molar-refractivity contribution is 6.35. The van der Waals surface area contributed by atoms with Crippen LogP contribution in [-0.2, 0) is 0 Å². The van der Waals surface area contributed by atoms with Gasteiger partial charge in [0.1, 0.15) is 5.82 Å². The Balaban J connectivity index is 1.79. The van der Waals surface area contributed by atoms with E-state index in [1.807, 2.05) is 0 Å². The Hall–Kier alpha value is -2.63. The molecule has 2 N–H and O–H groups in total. The third-order valence-corrected chi connectivity index (χ3v) is 3.71. The molecule has 3 aromatic rings. The number of nitrogens with one attached hydrogen (secondary N) is 2. The average Bonchev–Trinajstić information content (AvgIpc) is 2.56. The first-order valence-electron chi connectivity index (χ1n) is 7.25. The molecule has 0 fully saturated rings. The first-order chi connectivity index (χ1) is 12.0. The number of nitrogens with zero attached hydrogens (tertiary/aromatic N) is 1. The van der Waals surface area contributed by atoms with Crippen molar-refractivity contribution in [3.05, 3.63) is 82.4 Å². The van der Waals surface area contributed by atoms with Gasteiger partial charge < -0.3 is 10.6 Å². The maximum atomic E-state index is 13.6. The number of rotatable bonds is 4. The van der Waals surface area contributed by atoms with Gasteiger partial charge in [0.25, 0.3) is 5.91 Å². The molecule has 1 heterocycles. The fraction of sp³-hybridized carbons (Fsp3) is 0. The first-order valence-corrected chi connectivity index (χ1v) is 8.01. The van der Waals surface area contributed by atoms with Gasteiger partial charge in [0.05, 0.1) is 23.1 Å². The number of carbonyl (C=O) groups is 1. The Bertz CT molecular complexity index is 913. The molecule has 1 aromatic heterocycles. The molecule has 0 spiro atoms. The summed E-state index contributed by atoms with van der Waals surface area (Å²) >= 11 is 11.9. The summed E-state index contributed by atoms with van der Waals surface area (Å²) in [6, 6.07) is 12.5. The van der Waals surface area contributed by atoms with Crippen LogP contribution in [0.1, 0.15) is 10.4 Å². The molecule has 1 amide bonds. The Kier molecular flexibility index (Phi) is 5.16. The highest BCUT2D eigenvalue weighted by atomic mass is 35.5. The summed E-state index contributed by atoms with van der Waals surface area (Å²) in [5, 5.41) is 6.55. The van der Waals surface area contributed by atoms with E-state index in [0.29, 0.717) is 21.4 Å². The monoisotopic (exact) mass is 375 g/mol. The van der Waals surface area contributed by atoms with Crippen molar-refractivity contribution < 1.29 is 9.18 Å². The molecule has 0 aliphatic heterocycles. The van der Waals surface area contributed by atoms with Gasteiger partial charge in [-0.15, -0.1) is 0 Å². The quantitative estimate of drug-likeness (QED) is 0.630. The van der Waals surface area contributed by atoms with E-state index in [1.165, 1.54) is 18.3 Å². The number of pyridine rings is 1. The van der Waals surface area contributed by atoms with Crippen LogP contribution in [0.3, 0.4) is 0 Å². The predicted octanol–water partition coefficient (Wildman–Crippen LogP) is 5.52. The summed E-state index contributed by atoms with van der Waals surface area (Å²) in [6.07, 6.45) is 2.95. The van der Waals surface area contributed by atoms with Gasteiger partial charge in [-0.2, -0.15) is 0 Å². The summed E-state index contributed by atoms with van der Waals surface area (Å²) in [5.74, 6) is -0.975. The van der Waals surface area contributed by atoms with Crippen molar-refractivity contribution in [2.45, 2.75) is 0 Å². The summed E-state index contributed by atoms with van der Waals surface area (Å²) < 4.78 is 13.6. The number of aromatic nitrogens is 1. The molecule has 0 radical (unpaired) electrons. The number of benzene rings is 2. The molecule has 4 nitrogen and oxygen atoms in total. The van der Waals surface area contributed by atoms with Crippen LogP contribution >= 0.6 is 23.2 Å².